The van der Waals surface area contributed by atoms with E-state index in [2.05, 4.69) is 31.2 Å². The maximum atomic E-state index is 6.39. The lowest BCUT2D eigenvalue weighted by molar-refractivity contribution is 1.09. The Hall–Kier alpha value is -1.04. The van der Waals surface area contributed by atoms with Crippen molar-refractivity contribution in [3.05, 3.63) is 32.7 Å². The van der Waals surface area contributed by atoms with Crippen molar-refractivity contribution in [2.45, 2.75) is 18.9 Å². The van der Waals surface area contributed by atoms with Crippen molar-refractivity contribution in [3.8, 4) is 11.3 Å². The van der Waals surface area contributed by atoms with E-state index in [0.29, 0.717) is 27.6 Å². The number of hydrogen-bond acceptors (Lipinski definition) is 4. The van der Waals surface area contributed by atoms with Gasteiger partial charge >= 0.3 is 0 Å². The van der Waals surface area contributed by atoms with E-state index < -0.39 is 0 Å². The van der Waals surface area contributed by atoms with Gasteiger partial charge in [0.15, 0.2) is 5.82 Å². The molecule has 1 aromatic carbocycles. The molecular formula is C13H11BrCl2N4. The lowest BCUT2D eigenvalue weighted by Crippen LogP contribution is -2.08. The van der Waals surface area contributed by atoms with Gasteiger partial charge in [0.05, 0.1) is 10.7 Å². The van der Waals surface area contributed by atoms with Crippen LogP contribution in [-0.2, 0) is 0 Å². The van der Waals surface area contributed by atoms with Crippen molar-refractivity contribution in [2.24, 2.45) is 0 Å². The topological polar surface area (TPSA) is 63.8 Å². The number of hydrogen-bond donors (Lipinski definition) is 2. The summed E-state index contributed by atoms with van der Waals surface area (Å²) < 4.78 is 0.779. The van der Waals surface area contributed by atoms with Crippen LogP contribution in [0.1, 0.15) is 12.8 Å². The van der Waals surface area contributed by atoms with Gasteiger partial charge in [0.25, 0.3) is 0 Å². The molecule has 3 N–H and O–H groups in total. The minimum atomic E-state index is 0.193. The van der Waals surface area contributed by atoms with Gasteiger partial charge in [-0.25, -0.2) is 4.98 Å². The van der Waals surface area contributed by atoms with E-state index in [1.54, 1.807) is 6.07 Å². The van der Waals surface area contributed by atoms with Gasteiger partial charge in [-0.1, -0.05) is 29.3 Å². The molecule has 0 spiro atoms. The molecule has 1 saturated carbocycles. The fourth-order valence-electron chi connectivity index (χ4n) is 1.82. The molecule has 0 amide bonds. The molecule has 104 valence electrons. The summed E-state index contributed by atoms with van der Waals surface area (Å²) in [6.45, 7) is 0. The second-order valence-corrected chi connectivity index (χ2v) is 6.28. The van der Waals surface area contributed by atoms with Crippen LogP contribution in [0.4, 0.5) is 11.8 Å². The molecule has 7 heteroatoms. The summed E-state index contributed by atoms with van der Waals surface area (Å²) in [6, 6.07) is 5.92. The Kier molecular flexibility index (Phi) is 3.75. The maximum Gasteiger partial charge on any atom is 0.222 e. The predicted octanol–water partition coefficient (Wildman–Crippen LogP) is 4.37. The molecule has 1 aliphatic carbocycles. The number of nitrogens with two attached hydrogens (primary N) is 1. The molecule has 0 radical (unpaired) electrons. The molecule has 1 heterocycles. The highest BCUT2D eigenvalue weighted by molar-refractivity contribution is 9.10. The van der Waals surface area contributed by atoms with Gasteiger partial charge < -0.3 is 11.1 Å². The third kappa shape index (κ3) is 2.85. The first kappa shape index (κ1) is 13.9. The quantitative estimate of drug-likeness (QED) is 0.838. The van der Waals surface area contributed by atoms with E-state index in [1.165, 1.54) is 0 Å². The first-order chi connectivity index (χ1) is 9.54. The molecule has 1 aromatic heterocycles. The minimum absolute atomic E-state index is 0.193. The average Bonchev–Trinajstić information content (AvgIpc) is 3.21. The highest BCUT2D eigenvalue weighted by Gasteiger charge is 2.24. The second-order valence-electron chi connectivity index (χ2n) is 4.64. The molecule has 3 rings (SSSR count). The maximum absolute atomic E-state index is 6.39. The molecule has 1 fully saturated rings. The summed E-state index contributed by atoms with van der Waals surface area (Å²) in [4.78, 5) is 8.40. The van der Waals surface area contributed by atoms with Gasteiger partial charge in [0.2, 0.25) is 5.95 Å². The van der Waals surface area contributed by atoms with E-state index in [0.717, 1.165) is 22.9 Å². The third-order valence-corrected chi connectivity index (χ3v) is 4.55. The molecule has 0 saturated heterocycles. The number of nitrogens with zero attached hydrogens (tertiary/aromatic N) is 2. The largest absolute Gasteiger partial charge is 0.368 e. The van der Waals surface area contributed by atoms with Gasteiger partial charge in [-0.05, 0) is 40.9 Å². The zero-order valence-corrected chi connectivity index (χ0v) is 13.4. The van der Waals surface area contributed by atoms with E-state index in [4.69, 9.17) is 28.9 Å². The number of halogens is 3. The molecule has 4 nitrogen and oxygen atoms in total. The first-order valence-corrected chi connectivity index (χ1v) is 7.64. The standard InChI is InChI=1S/C13H11BrCl2N4/c14-8-5-6(1-4-9(8)15)11-10(16)12(18-7-2-3-7)20-13(17)19-11/h1,4-5,7H,2-3H2,(H3,17,18,19,20). The van der Waals surface area contributed by atoms with Gasteiger partial charge in [-0.3, -0.25) is 0 Å². The van der Waals surface area contributed by atoms with Crippen LogP contribution in [0.25, 0.3) is 11.3 Å². The number of benzene rings is 1. The third-order valence-electron chi connectivity index (χ3n) is 2.98. The van der Waals surface area contributed by atoms with Crippen molar-refractivity contribution in [2.75, 3.05) is 11.1 Å². The van der Waals surface area contributed by atoms with Crippen LogP contribution >= 0.6 is 39.1 Å². The molecular weight excluding hydrogens is 363 g/mol. The number of rotatable bonds is 3. The van der Waals surface area contributed by atoms with Crippen LogP contribution in [0.3, 0.4) is 0 Å². The summed E-state index contributed by atoms with van der Waals surface area (Å²) in [5.74, 6) is 0.779. The highest BCUT2D eigenvalue weighted by Crippen LogP contribution is 2.36. The van der Waals surface area contributed by atoms with Crippen LogP contribution in [0.15, 0.2) is 22.7 Å². The number of aromatic nitrogens is 2. The van der Waals surface area contributed by atoms with Crippen molar-refractivity contribution < 1.29 is 0 Å². The number of nitrogens with one attached hydrogen (secondary N) is 1. The van der Waals surface area contributed by atoms with Crippen LogP contribution in [0.5, 0.6) is 0 Å². The molecule has 0 unspecified atom stereocenters. The van der Waals surface area contributed by atoms with Crippen LogP contribution in [0.2, 0.25) is 10.0 Å². The summed E-state index contributed by atoms with van der Waals surface area (Å²) in [5, 5.41) is 4.36. The first-order valence-electron chi connectivity index (χ1n) is 6.09. The zero-order chi connectivity index (χ0) is 14.3. The van der Waals surface area contributed by atoms with Gasteiger partial charge in [0, 0.05) is 16.1 Å². The second kappa shape index (κ2) is 5.39. The van der Waals surface area contributed by atoms with Gasteiger partial charge in [0.1, 0.15) is 5.02 Å². The highest BCUT2D eigenvalue weighted by atomic mass is 79.9. The smallest absolute Gasteiger partial charge is 0.222 e. The molecule has 1 aliphatic rings. The SMILES string of the molecule is Nc1nc(NC2CC2)c(Cl)c(-c2ccc(Cl)c(Br)c2)n1. The van der Waals surface area contributed by atoms with E-state index >= 15 is 0 Å². The Labute approximate surface area is 134 Å². The average molecular weight is 374 g/mol. The Morgan fingerprint density at radius 1 is 1.25 bits per heavy atom. The van der Waals surface area contributed by atoms with Crippen LogP contribution in [0, 0.1) is 0 Å². The van der Waals surface area contributed by atoms with Crippen molar-refractivity contribution in [3.63, 3.8) is 0 Å². The zero-order valence-electron chi connectivity index (χ0n) is 10.3. The molecule has 0 atom stereocenters. The Morgan fingerprint density at radius 2 is 2.00 bits per heavy atom. The Bertz CT molecular complexity index is 674. The van der Waals surface area contributed by atoms with Gasteiger partial charge in [-0.2, -0.15) is 4.98 Å². The Morgan fingerprint density at radius 3 is 2.65 bits per heavy atom. The van der Waals surface area contributed by atoms with E-state index in [1.807, 2.05) is 12.1 Å². The fraction of sp³-hybridized carbons (Fsp3) is 0.231. The molecule has 0 aliphatic heterocycles. The minimum Gasteiger partial charge on any atom is -0.368 e. The Balaban J connectivity index is 2.07. The van der Waals surface area contributed by atoms with E-state index in [9.17, 15) is 0 Å². The normalized spacial score (nSPS) is 14.3. The fourth-order valence-corrected chi connectivity index (χ4v) is 2.56. The lowest BCUT2D eigenvalue weighted by atomic mass is 10.1. The summed E-state index contributed by atoms with van der Waals surface area (Å²) in [5.41, 5.74) is 7.20. The lowest BCUT2D eigenvalue weighted by Gasteiger charge is -2.11. The molecule has 0 bridgehead atoms. The van der Waals surface area contributed by atoms with Crippen LogP contribution in [-0.4, -0.2) is 16.0 Å². The summed E-state index contributed by atoms with van der Waals surface area (Å²) in [7, 11) is 0. The number of anilines is 2. The summed E-state index contributed by atoms with van der Waals surface area (Å²) in [6.07, 6.45) is 2.25. The monoisotopic (exact) mass is 372 g/mol. The van der Waals surface area contributed by atoms with Crippen LogP contribution < -0.4 is 11.1 Å². The van der Waals surface area contributed by atoms with Crippen molar-refractivity contribution in [1.29, 1.82) is 0 Å². The van der Waals surface area contributed by atoms with Gasteiger partial charge in [-0.15, -0.1) is 0 Å². The van der Waals surface area contributed by atoms with Crippen molar-refractivity contribution in [1.82, 2.24) is 9.97 Å². The molecule has 20 heavy (non-hydrogen) atoms. The van der Waals surface area contributed by atoms with E-state index in [-0.39, 0.29) is 5.95 Å². The van der Waals surface area contributed by atoms with Crippen molar-refractivity contribution >= 4 is 50.9 Å². The summed E-state index contributed by atoms with van der Waals surface area (Å²) >= 11 is 15.8. The number of nitrogen functional groups attached to an aromatic ring is 1. The molecule has 2 aromatic rings. The predicted molar refractivity (Wildman–Crippen MR) is 86.2 cm³/mol.